The topological polar surface area (TPSA) is 84.5 Å². The molecule has 0 saturated heterocycles. The number of hydrogen-bond acceptors (Lipinski definition) is 4. The predicted molar refractivity (Wildman–Crippen MR) is 107 cm³/mol. The van der Waals surface area contributed by atoms with E-state index in [1.54, 1.807) is 36.4 Å². The number of ketones is 1. The first-order valence-electron chi connectivity index (χ1n) is 9.41. The number of hydrogen-bond donors (Lipinski definition) is 2. The summed E-state index contributed by atoms with van der Waals surface area (Å²) in [6, 6.07) is 15.4. The highest BCUT2D eigenvalue weighted by Crippen LogP contribution is 2.25. The molecule has 6 heteroatoms. The molecule has 2 N–H and O–H groups in total. The monoisotopic (exact) mass is 382 g/mol. The molecule has 0 radical (unpaired) electrons. The van der Waals surface area contributed by atoms with Gasteiger partial charge in [-0.05, 0) is 30.7 Å². The average molecular weight is 382 g/mol. The van der Waals surface area contributed by atoms with Crippen LogP contribution in [0.15, 0.2) is 54.6 Å². The third-order valence-electron chi connectivity index (χ3n) is 4.15. The number of unbranched alkanes of at least 4 members (excludes halogenated alkanes) is 1. The lowest BCUT2D eigenvalue weighted by Gasteiger charge is -2.19. The van der Waals surface area contributed by atoms with Crippen LogP contribution in [0.2, 0.25) is 0 Å². The minimum absolute atomic E-state index is 0.105. The molecule has 0 aliphatic rings. The number of amides is 2. The number of Topliss-reactive ketones (excluding diaryl/α,β-unsaturated/α-hetero) is 1. The first kappa shape index (κ1) is 21.2. The number of carbonyl (C=O) groups excluding carboxylic acids is 3. The Bertz CT molecular complexity index is 805. The first-order chi connectivity index (χ1) is 13.5. The minimum Gasteiger partial charge on any atom is -0.457 e. The predicted octanol–water partition coefficient (Wildman–Crippen LogP) is 3.47. The van der Waals surface area contributed by atoms with Crippen molar-refractivity contribution in [2.24, 2.45) is 0 Å². The lowest BCUT2D eigenvalue weighted by molar-refractivity contribution is -0.124. The van der Waals surface area contributed by atoms with Crippen molar-refractivity contribution in [3.63, 3.8) is 0 Å². The quantitative estimate of drug-likeness (QED) is 0.659. The summed E-state index contributed by atoms with van der Waals surface area (Å²) in [6.07, 6.45) is 2.20. The fourth-order valence-electron chi connectivity index (χ4n) is 2.65. The summed E-state index contributed by atoms with van der Waals surface area (Å²) >= 11 is 0. The van der Waals surface area contributed by atoms with E-state index in [2.05, 4.69) is 10.6 Å². The van der Waals surface area contributed by atoms with E-state index in [1.807, 2.05) is 25.1 Å². The summed E-state index contributed by atoms with van der Waals surface area (Å²) in [5, 5.41) is 5.29. The van der Waals surface area contributed by atoms with Crippen molar-refractivity contribution in [3.8, 4) is 11.5 Å². The van der Waals surface area contributed by atoms with Gasteiger partial charge in [0.2, 0.25) is 5.91 Å². The molecule has 2 amide bonds. The van der Waals surface area contributed by atoms with Crippen LogP contribution in [0.1, 0.15) is 43.5 Å². The lowest BCUT2D eigenvalue weighted by atomic mass is 10.0. The molecule has 0 aromatic heterocycles. The van der Waals surface area contributed by atoms with Crippen LogP contribution in [0.3, 0.4) is 0 Å². The number of ether oxygens (including phenoxy) is 1. The van der Waals surface area contributed by atoms with Crippen molar-refractivity contribution in [1.29, 1.82) is 0 Å². The van der Waals surface area contributed by atoms with E-state index in [1.165, 1.54) is 6.92 Å². The second kappa shape index (κ2) is 10.9. The van der Waals surface area contributed by atoms with Crippen molar-refractivity contribution in [1.82, 2.24) is 10.6 Å². The Kier molecular flexibility index (Phi) is 8.21. The summed E-state index contributed by atoms with van der Waals surface area (Å²) in [6.45, 7) is 3.26. The molecule has 2 rings (SSSR count). The highest BCUT2D eigenvalue weighted by atomic mass is 16.5. The van der Waals surface area contributed by atoms with Crippen LogP contribution < -0.4 is 15.4 Å². The molecular formula is C22H26N2O4. The minimum atomic E-state index is -0.663. The lowest BCUT2D eigenvalue weighted by Crippen LogP contribution is -2.45. The Hall–Kier alpha value is -3.15. The number of nitrogens with one attached hydrogen (secondary N) is 2. The fraction of sp³-hybridized carbons (Fsp3) is 0.318. The smallest absolute Gasteiger partial charge is 0.255 e. The van der Waals surface area contributed by atoms with Gasteiger partial charge in [0.25, 0.3) is 5.91 Å². The van der Waals surface area contributed by atoms with Crippen molar-refractivity contribution in [2.45, 2.75) is 39.2 Å². The molecule has 0 fully saturated rings. The van der Waals surface area contributed by atoms with Gasteiger partial charge in [0.1, 0.15) is 11.5 Å². The zero-order valence-corrected chi connectivity index (χ0v) is 16.2. The normalized spacial score (nSPS) is 11.4. The van der Waals surface area contributed by atoms with Crippen LogP contribution in [-0.4, -0.2) is 30.2 Å². The standard InChI is InChI=1S/C22H26N2O4/c1-3-4-13-19(20(26)15-23-16(2)25)24-22(27)18-12-8-9-14-21(18)28-17-10-6-5-7-11-17/h5-12,14,19H,3-4,13,15H2,1-2H3,(H,23,25)(H,24,27). The summed E-state index contributed by atoms with van der Waals surface area (Å²) in [4.78, 5) is 36.4. The second-order valence-electron chi connectivity index (χ2n) is 6.46. The molecule has 2 aromatic carbocycles. The number of carbonyl (C=O) groups is 3. The molecule has 0 bridgehead atoms. The van der Waals surface area contributed by atoms with Crippen LogP contribution in [0.25, 0.3) is 0 Å². The van der Waals surface area contributed by atoms with Gasteiger partial charge in [-0.3, -0.25) is 14.4 Å². The Labute approximate surface area is 165 Å². The van der Waals surface area contributed by atoms with Crippen molar-refractivity contribution >= 4 is 17.6 Å². The molecule has 0 saturated carbocycles. The molecule has 6 nitrogen and oxygen atoms in total. The highest BCUT2D eigenvalue weighted by molar-refractivity contribution is 6.00. The van der Waals surface area contributed by atoms with Crippen molar-refractivity contribution < 1.29 is 19.1 Å². The van der Waals surface area contributed by atoms with Gasteiger partial charge in [-0.15, -0.1) is 0 Å². The molecule has 1 unspecified atom stereocenters. The first-order valence-corrected chi connectivity index (χ1v) is 9.41. The average Bonchev–Trinajstić information content (AvgIpc) is 2.70. The summed E-state index contributed by atoms with van der Waals surface area (Å²) < 4.78 is 5.83. The summed E-state index contributed by atoms with van der Waals surface area (Å²) in [5.41, 5.74) is 0.347. The van der Waals surface area contributed by atoms with E-state index in [-0.39, 0.29) is 24.1 Å². The SMILES string of the molecule is CCCCC(NC(=O)c1ccccc1Oc1ccccc1)C(=O)CNC(C)=O. The van der Waals surface area contributed by atoms with Gasteiger partial charge in [-0.25, -0.2) is 0 Å². The van der Waals surface area contributed by atoms with Crippen LogP contribution in [0.5, 0.6) is 11.5 Å². The number of para-hydroxylation sites is 2. The number of benzene rings is 2. The van der Waals surface area contributed by atoms with Gasteiger partial charge in [0.05, 0.1) is 18.2 Å². The molecule has 2 aromatic rings. The maximum Gasteiger partial charge on any atom is 0.255 e. The molecule has 0 spiro atoms. The van der Waals surface area contributed by atoms with Gasteiger partial charge in [0.15, 0.2) is 5.78 Å². The molecule has 0 aliphatic heterocycles. The van der Waals surface area contributed by atoms with Crippen LogP contribution in [-0.2, 0) is 9.59 Å². The molecule has 0 aliphatic carbocycles. The Morgan fingerprint density at radius 1 is 1.00 bits per heavy atom. The van der Waals surface area contributed by atoms with Gasteiger partial charge >= 0.3 is 0 Å². The highest BCUT2D eigenvalue weighted by Gasteiger charge is 2.22. The van der Waals surface area contributed by atoms with Gasteiger partial charge < -0.3 is 15.4 Å². The van der Waals surface area contributed by atoms with Gasteiger partial charge in [0, 0.05) is 6.92 Å². The largest absolute Gasteiger partial charge is 0.457 e. The van der Waals surface area contributed by atoms with E-state index in [0.29, 0.717) is 23.5 Å². The zero-order chi connectivity index (χ0) is 20.4. The van der Waals surface area contributed by atoms with Crippen LogP contribution in [0.4, 0.5) is 0 Å². The Morgan fingerprint density at radius 2 is 1.68 bits per heavy atom. The maximum atomic E-state index is 12.8. The van der Waals surface area contributed by atoms with Crippen LogP contribution >= 0.6 is 0 Å². The fourth-order valence-corrected chi connectivity index (χ4v) is 2.65. The molecule has 148 valence electrons. The van der Waals surface area contributed by atoms with E-state index in [0.717, 1.165) is 12.8 Å². The maximum absolute atomic E-state index is 12.8. The van der Waals surface area contributed by atoms with E-state index in [9.17, 15) is 14.4 Å². The molecular weight excluding hydrogens is 356 g/mol. The third-order valence-corrected chi connectivity index (χ3v) is 4.15. The Morgan fingerprint density at radius 3 is 2.36 bits per heavy atom. The molecule has 0 heterocycles. The zero-order valence-electron chi connectivity index (χ0n) is 16.2. The van der Waals surface area contributed by atoms with Crippen LogP contribution in [0, 0.1) is 0 Å². The molecule has 1 atom stereocenters. The number of rotatable bonds is 10. The third kappa shape index (κ3) is 6.54. The van der Waals surface area contributed by atoms with Gasteiger partial charge in [-0.2, -0.15) is 0 Å². The van der Waals surface area contributed by atoms with E-state index < -0.39 is 6.04 Å². The van der Waals surface area contributed by atoms with Crippen molar-refractivity contribution in [3.05, 3.63) is 60.2 Å². The van der Waals surface area contributed by atoms with E-state index >= 15 is 0 Å². The van der Waals surface area contributed by atoms with E-state index in [4.69, 9.17) is 4.74 Å². The van der Waals surface area contributed by atoms with Gasteiger partial charge in [-0.1, -0.05) is 50.1 Å². The van der Waals surface area contributed by atoms with Crippen molar-refractivity contribution in [2.75, 3.05) is 6.54 Å². The molecule has 28 heavy (non-hydrogen) atoms. The summed E-state index contributed by atoms with van der Waals surface area (Å²) in [5.74, 6) is 0.138. The second-order valence-corrected chi connectivity index (χ2v) is 6.46. The Balaban J connectivity index is 2.14. The summed E-state index contributed by atoms with van der Waals surface area (Å²) in [7, 11) is 0.